The Morgan fingerprint density at radius 3 is 2.34 bits per heavy atom. The molecule has 3 saturated heterocycles. The van der Waals surface area contributed by atoms with Crippen LogP contribution in [0, 0.1) is 5.92 Å². The van der Waals surface area contributed by atoms with Crippen molar-refractivity contribution in [2.45, 2.75) is 106 Å². The number of ether oxygens (including phenoxy) is 5. The summed E-state index contributed by atoms with van der Waals surface area (Å²) < 4.78 is 28.6. The van der Waals surface area contributed by atoms with E-state index in [9.17, 15) is 19.8 Å². The Bertz CT molecular complexity index is 1390. The van der Waals surface area contributed by atoms with E-state index in [0.717, 1.165) is 29.2 Å². The highest BCUT2D eigenvalue weighted by molar-refractivity contribution is 14.0. The molecule has 20 heteroatoms. The number of hydrogen-bond acceptors (Lipinski definition) is 17. The van der Waals surface area contributed by atoms with Crippen LogP contribution in [0.15, 0.2) is 34.3 Å². The number of nitrogens with one attached hydrogen (secondary N) is 2. The molecule has 0 saturated carbocycles. The van der Waals surface area contributed by atoms with Crippen LogP contribution in [0.4, 0.5) is 4.79 Å². The monoisotopic (exact) mass is 944 g/mol. The maximum absolute atomic E-state index is 12.5. The van der Waals surface area contributed by atoms with Gasteiger partial charge >= 0.3 is 6.09 Å². The van der Waals surface area contributed by atoms with Crippen molar-refractivity contribution in [3.8, 4) is 5.75 Å². The smallest absolute Gasteiger partial charge is 0.416 e. The van der Waals surface area contributed by atoms with Crippen molar-refractivity contribution in [1.82, 2.24) is 15.5 Å². The van der Waals surface area contributed by atoms with Crippen molar-refractivity contribution >= 4 is 70.2 Å². The van der Waals surface area contributed by atoms with Gasteiger partial charge in [-0.1, -0.05) is 42.6 Å². The maximum Gasteiger partial charge on any atom is 0.416 e. The van der Waals surface area contributed by atoms with Crippen LogP contribution in [-0.2, 0) is 30.3 Å². The van der Waals surface area contributed by atoms with Crippen molar-refractivity contribution in [2.75, 3.05) is 54.1 Å². The quantitative estimate of drug-likeness (QED) is 0.0894. The molecule has 320 valence electrons. The molecule has 0 aromatic heterocycles. The van der Waals surface area contributed by atoms with E-state index in [-0.39, 0.29) is 66.7 Å². The zero-order valence-corrected chi connectivity index (χ0v) is 37.1. The summed E-state index contributed by atoms with van der Waals surface area (Å²) in [6.45, 7) is 9.76. The summed E-state index contributed by atoms with van der Waals surface area (Å²) in [5, 5.41) is 44.2. The number of fused-ring (bicyclic) bond motifs is 2. The first-order valence-corrected chi connectivity index (χ1v) is 20.1. The van der Waals surface area contributed by atoms with Crippen LogP contribution < -0.4 is 21.1 Å². The number of nitrogens with two attached hydrogens (primary N) is 1. The van der Waals surface area contributed by atoms with Gasteiger partial charge in [-0.05, 0) is 64.4 Å². The molecule has 8 N–H and O–H groups in total. The summed E-state index contributed by atoms with van der Waals surface area (Å²) in [4.78, 5) is 34.2. The minimum atomic E-state index is -0.938. The number of halogens is 1. The van der Waals surface area contributed by atoms with E-state index in [1.54, 1.807) is 21.2 Å². The van der Waals surface area contributed by atoms with Crippen LogP contribution >= 0.6 is 47.5 Å². The van der Waals surface area contributed by atoms with Gasteiger partial charge in [-0.25, -0.2) is 4.79 Å². The summed E-state index contributed by atoms with van der Waals surface area (Å²) in [7, 11) is 4.91. The number of aliphatic hydroxyl groups excluding tert-OH is 4. The highest BCUT2D eigenvalue weighted by Gasteiger charge is 2.50. The largest absolute Gasteiger partial charge is 0.497 e. The number of carbonyl (C=O) groups excluding carboxylic acids is 2. The topological polar surface area (TPSA) is 239 Å². The third-order valence-corrected chi connectivity index (χ3v) is 11.1. The van der Waals surface area contributed by atoms with E-state index in [2.05, 4.69) is 15.6 Å². The van der Waals surface area contributed by atoms with Gasteiger partial charge in [-0.15, -0.1) is 24.0 Å². The minimum absolute atomic E-state index is 0. The molecule has 5 rings (SSSR count). The summed E-state index contributed by atoms with van der Waals surface area (Å²) in [5.74, 6) is 0.586. The normalized spacial score (nSPS) is 29.8. The fourth-order valence-corrected chi connectivity index (χ4v) is 7.96. The van der Waals surface area contributed by atoms with Gasteiger partial charge in [0.15, 0.2) is 10.3 Å². The number of aliphatic imine (C=N–C) groups is 2. The Balaban J connectivity index is 0.000000368. The number of aliphatic hydroxyl groups is 4. The summed E-state index contributed by atoms with van der Waals surface area (Å²) in [5.41, 5.74) is 4.71. The molecule has 1 aromatic carbocycles. The lowest BCUT2D eigenvalue weighted by molar-refractivity contribution is -0.153. The van der Waals surface area contributed by atoms with Crippen LogP contribution in [-0.4, -0.2) is 161 Å². The average Bonchev–Trinajstić information content (AvgIpc) is 3.79. The van der Waals surface area contributed by atoms with Gasteiger partial charge in [0.05, 0.1) is 25.9 Å². The van der Waals surface area contributed by atoms with E-state index in [1.165, 1.54) is 28.4 Å². The van der Waals surface area contributed by atoms with Crippen LogP contribution in [0.25, 0.3) is 0 Å². The number of nitrogens with zero attached hydrogens (tertiary/aromatic N) is 3. The van der Waals surface area contributed by atoms with Crippen LogP contribution in [0.5, 0.6) is 5.75 Å². The molecule has 4 aliphatic rings. The lowest BCUT2D eigenvalue weighted by Crippen LogP contribution is -2.60. The standard InChI is InChI=1S/C22H30N2O6S.C11H21N3O4S.C3H9NO.HI/c1-13-16(11-25)29-19-17(18(13)28-12-14-7-9-15(27-6)10-8-14)23-20(31-19)24(5)21(26)30-22(2,3)4;1-12-11-14-7-9(17)8(16)6(18-10(7)19-11)5-13-3-2-4-15;4-2-1-3-5;/h7-11,13,16-19H,12H2,1-6H3;6-10,13,15-17H,2-5H2,1H3,(H,12,14);5H,1-4H2;1H/t13-,16-,17-,18+,19-;6-,7-,8-,9-,10-;;/m11../s1. The summed E-state index contributed by atoms with van der Waals surface area (Å²) in [6, 6.07) is 6.96. The van der Waals surface area contributed by atoms with Gasteiger partial charge in [0, 0.05) is 39.8 Å². The maximum atomic E-state index is 12.5. The second kappa shape index (κ2) is 24.9. The Morgan fingerprint density at radius 2 is 1.79 bits per heavy atom. The number of rotatable bonds is 12. The average molecular weight is 945 g/mol. The molecular weight excluding hydrogens is 883 g/mol. The van der Waals surface area contributed by atoms with E-state index < -0.39 is 41.5 Å². The predicted octanol–water partition coefficient (Wildman–Crippen LogP) is 1.52. The number of amidine groups is 2. The Morgan fingerprint density at radius 1 is 1.11 bits per heavy atom. The van der Waals surface area contributed by atoms with Crippen molar-refractivity contribution < 1.29 is 53.7 Å². The fourth-order valence-electron chi connectivity index (χ4n) is 5.70. The molecule has 0 unspecified atom stereocenters. The number of carbonyl (C=O) groups is 2. The van der Waals surface area contributed by atoms with Crippen LogP contribution in [0.1, 0.15) is 46.1 Å². The number of amides is 1. The Labute approximate surface area is 355 Å². The SMILES string of the molecule is CN=C1N[C@@H]2[C@@H](O)[C@H](O)[C@@H](CNCCCO)O[C@@H]2S1.COc1ccc(CO[C@H]2[C@H](C)[C@@H](C=O)O[C@@H]3SC(N(C)C(=O)OC(C)(C)C)=N[C@H]23)cc1.I.NCCCO. The Kier molecular flexibility index (Phi) is 22.4. The molecule has 56 heavy (non-hydrogen) atoms. The molecule has 0 radical (unpaired) electrons. The lowest BCUT2D eigenvalue weighted by atomic mass is 9.90. The molecule has 0 bridgehead atoms. The van der Waals surface area contributed by atoms with E-state index in [4.69, 9.17) is 44.6 Å². The molecule has 4 heterocycles. The minimum Gasteiger partial charge on any atom is -0.497 e. The van der Waals surface area contributed by atoms with Gasteiger partial charge in [0.25, 0.3) is 0 Å². The summed E-state index contributed by atoms with van der Waals surface area (Å²) >= 11 is 2.73. The molecule has 1 aromatic rings. The molecule has 17 nitrogen and oxygen atoms in total. The lowest BCUT2D eigenvalue weighted by Gasteiger charge is -2.39. The Hall–Kier alpha value is -1.83. The zero-order chi connectivity index (χ0) is 40.7. The third kappa shape index (κ3) is 14.8. The number of methoxy groups -OCH3 is 1. The van der Waals surface area contributed by atoms with Gasteiger partial charge in [0.1, 0.15) is 59.0 Å². The molecular formula is C36H61IN6O11S2. The van der Waals surface area contributed by atoms with Crippen molar-refractivity contribution in [3.63, 3.8) is 0 Å². The number of hydrogen-bond donors (Lipinski definition) is 7. The highest BCUT2D eigenvalue weighted by atomic mass is 127. The second-order valence-corrected chi connectivity index (χ2v) is 16.3. The highest BCUT2D eigenvalue weighted by Crippen LogP contribution is 2.41. The summed E-state index contributed by atoms with van der Waals surface area (Å²) in [6.07, 6.45) is -1.53. The molecule has 0 spiro atoms. The van der Waals surface area contributed by atoms with E-state index >= 15 is 0 Å². The van der Waals surface area contributed by atoms with Crippen molar-refractivity contribution in [2.24, 2.45) is 21.6 Å². The van der Waals surface area contributed by atoms with Crippen molar-refractivity contribution in [3.05, 3.63) is 29.8 Å². The molecule has 4 aliphatic heterocycles. The number of aldehydes is 1. The number of thioether (sulfide) groups is 2. The molecule has 3 fully saturated rings. The fraction of sp³-hybridized carbons (Fsp3) is 0.722. The third-order valence-electron chi connectivity index (χ3n) is 8.76. The number of benzene rings is 1. The van der Waals surface area contributed by atoms with E-state index in [0.29, 0.717) is 37.8 Å². The molecule has 0 aliphatic carbocycles. The first kappa shape index (κ1) is 50.3. The molecule has 1 amide bonds. The first-order chi connectivity index (χ1) is 26.2. The van der Waals surface area contributed by atoms with Crippen LogP contribution in [0.3, 0.4) is 0 Å². The zero-order valence-electron chi connectivity index (χ0n) is 33.1. The van der Waals surface area contributed by atoms with Gasteiger partial charge in [0.2, 0.25) is 0 Å². The van der Waals surface area contributed by atoms with Crippen LogP contribution in [0.2, 0.25) is 0 Å². The van der Waals surface area contributed by atoms with Crippen molar-refractivity contribution in [1.29, 1.82) is 0 Å². The van der Waals surface area contributed by atoms with Gasteiger partial charge in [-0.3, -0.25) is 14.9 Å². The van der Waals surface area contributed by atoms with Gasteiger partial charge < -0.3 is 65.3 Å². The molecule has 10 atom stereocenters. The van der Waals surface area contributed by atoms with E-state index in [1.807, 2.05) is 52.0 Å². The van der Waals surface area contributed by atoms with Gasteiger partial charge in [-0.2, -0.15) is 0 Å². The predicted molar refractivity (Wildman–Crippen MR) is 228 cm³/mol. The second-order valence-electron chi connectivity index (χ2n) is 14.1. The first-order valence-electron chi connectivity index (χ1n) is 18.3.